The number of alkyl halides is 1. The lowest BCUT2D eigenvalue weighted by molar-refractivity contribution is 1.42. The molecule has 0 saturated heterocycles. The van der Waals surface area contributed by atoms with E-state index in [0.717, 1.165) is 10.0 Å². The van der Waals surface area contributed by atoms with Gasteiger partial charge < -0.3 is 0 Å². The van der Waals surface area contributed by atoms with Crippen LogP contribution in [0.2, 0.25) is 0 Å². The molecule has 0 unspecified atom stereocenters. The predicted octanol–water partition coefficient (Wildman–Crippen LogP) is 4.34. The van der Waals surface area contributed by atoms with Crippen LogP contribution in [0.15, 0.2) is 40.9 Å². The van der Waals surface area contributed by atoms with Gasteiger partial charge in [-0.3, -0.25) is 0 Å². The van der Waals surface area contributed by atoms with Gasteiger partial charge in [-0.05, 0) is 28.5 Å². The molecule has 2 heteroatoms. The molecule has 0 radical (unpaired) electrons. The molecule has 0 aliphatic heterocycles. The van der Waals surface area contributed by atoms with E-state index in [0.29, 0.717) is 5.88 Å². The van der Waals surface area contributed by atoms with Crippen molar-refractivity contribution in [2.45, 2.75) is 5.88 Å². The van der Waals surface area contributed by atoms with Crippen LogP contribution in [0, 0.1) is 0 Å². The van der Waals surface area contributed by atoms with E-state index in [4.69, 9.17) is 11.6 Å². The molecular weight excluding hydrogens is 247 g/mol. The van der Waals surface area contributed by atoms with E-state index in [1.54, 1.807) is 0 Å². The lowest BCUT2D eigenvalue weighted by atomic mass is 10.1. The van der Waals surface area contributed by atoms with Crippen molar-refractivity contribution >= 4 is 38.3 Å². The summed E-state index contributed by atoms with van der Waals surface area (Å²) in [5.41, 5.74) is 1.15. The lowest BCUT2D eigenvalue weighted by Crippen LogP contribution is -1.79. The summed E-state index contributed by atoms with van der Waals surface area (Å²) in [6.07, 6.45) is 0. The summed E-state index contributed by atoms with van der Waals surface area (Å²) in [6.45, 7) is 0. The van der Waals surface area contributed by atoms with Crippen LogP contribution in [0.25, 0.3) is 10.8 Å². The van der Waals surface area contributed by atoms with E-state index in [-0.39, 0.29) is 0 Å². The van der Waals surface area contributed by atoms with Crippen molar-refractivity contribution in [1.29, 1.82) is 0 Å². The first-order valence-electron chi connectivity index (χ1n) is 4.04. The van der Waals surface area contributed by atoms with Crippen molar-refractivity contribution in [3.63, 3.8) is 0 Å². The summed E-state index contributed by atoms with van der Waals surface area (Å²) in [4.78, 5) is 0. The number of hydrogen-bond acceptors (Lipinski definition) is 0. The van der Waals surface area contributed by atoms with Crippen LogP contribution in [0.3, 0.4) is 0 Å². The van der Waals surface area contributed by atoms with Gasteiger partial charge in [-0.25, -0.2) is 0 Å². The quantitative estimate of drug-likeness (QED) is 0.665. The van der Waals surface area contributed by atoms with E-state index >= 15 is 0 Å². The number of benzene rings is 2. The predicted molar refractivity (Wildman–Crippen MR) is 61.2 cm³/mol. The molecule has 0 aromatic heterocycles. The highest BCUT2D eigenvalue weighted by atomic mass is 79.9. The van der Waals surface area contributed by atoms with Gasteiger partial charge in [0.05, 0.1) is 0 Å². The van der Waals surface area contributed by atoms with Gasteiger partial charge >= 0.3 is 0 Å². The maximum atomic E-state index is 5.76. The average molecular weight is 256 g/mol. The van der Waals surface area contributed by atoms with Crippen LogP contribution in [-0.2, 0) is 5.88 Å². The summed E-state index contributed by atoms with van der Waals surface area (Å²) >= 11 is 9.28. The second kappa shape index (κ2) is 3.69. The van der Waals surface area contributed by atoms with E-state index in [2.05, 4.69) is 40.2 Å². The van der Waals surface area contributed by atoms with Gasteiger partial charge in [-0.15, -0.1) is 11.6 Å². The van der Waals surface area contributed by atoms with Crippen molar-refractivity contribution in [1.82, 2.24) is 0 Å². The van der Waals surface area contributed by atoms with Crippen molar-refractivity contribution in [2.75, 3.05) is 0 Å². The van der Waals surface area contributed by atoms with Crippen LogP contribution >= 0.6 is 27.5 Å². The smallest absolute Gasteiger partial charge is 0.0474 e. The van der Waals surface area contributed by atoms with E-state index in [9.17, 15) is 0 Å². The molecule has 0 saturated carbocycles. The maximum Gasteiger partial charge on any atom is 0.0474 e. The second-order valence-electron chi connectivity index (χ2n) is 2.93. The molecule has 0 heterocycles. The van der Waals surface area contributed by atoms with Gasteiger partial charge in [0.1, 0.15) is 0 Å². The van der Waals surface area contributed by atoms with Crippen molar-refractivity contribution in [2.24, 2.45) is 0 Å². The molecule has 0 atom stereocenters. The minimum Gasteiger partial charge on any atom is -0.122 e. The minimum absolute atomic E-state index is 0.567. The number of hydrogen-bond donors (Lipinski definition) is 0. The van der Waals surface area contributed by atoms with Gasteiger partial charge in [0.15, 0.2) is 0 Å². The number of halogens is 2. The Morgan fingerprint density at radius 2 is 2.00 bits per heavy atom. The zero-order valence-electron chi connectivity index (χ0n) is 6.93. The molecule has 2 aromatic rings. The zero-order valence-corrected chi connectivity index (χ0v) is 9.27. The van der Waals surface area contributed by atoms with Crippen molar-refractivity contribution < 1.29 is 0 Å². The Bertz CT molecular complexity index is 437. The summed E-state index contributed by atoms with van der Waals surface area (Å²) in [5.74, 6) is 0.567. The Labute approximate surface area is 90.6 Å². The van der Waals surface area contributed by atoms with Crippen molar-refractivity contribution in [3.8, 4) is 0 Å². The zero-order chi connectivity index (χ0) is 9.26. The first-order valence-corrected chi connectivity index (χ1v) is 5.37. The molecule has 0 fully saturated rings. The highest BCUT2D eigenvalue weighted by Gasteiger charge is 1.98. The Balaban J connectivity index is 2.74. The second-order valence-corrected chi connectivity index (χ2v) is 4.05. The summed E-state index contributed by atoms with van der Waals surface area (Å²) < 4.78 is 1.12. The lowest BCUT2D eigenvalue weighted by Gasteiger charge is -2.02. The van der Waals surface area contributed by atoms with E-state index in [1.165, 1.54) is 10.8 Å². The molecule has 2 rings (SSSR count). The first kappa shape index (κ1) is 9.04. The third kappa shape index (κ3) is 1.72. The Morgan fingerprint density at radius 3 is 2.77 bits per heavy atom. The Hall–Kier alpha value is -0.530. The van der Waals surface area contributed by atoms with Crippen LogP contribution < -0.4 is 0 Å². The van der Waals surface area contributed by atoms with Gasteiger partial charge in [0.25, 0.3) is 0 Å². The third-order valence-electron chi connectivity index (χ3n) is 2.05. The van der Waals surface area contributed by atoms with Crippen molar-refractivity contribution in [3.05, 3.63) is 46.4 Å². The van der Waals surface area contributed by atoms with Gasteiger partial charge in [-0.1, -0.05) is 40.2 Å². The highest BCUT2D eigenvalue weighted by molar-refractivity contribution is 9.10. The van der Waals surface area contributed by atoms with Crippen LogP contribution in [0.4, 0.5) is 0 Å². The van der Waals surface area contributed by atoms with Gasteiger partial charge in [-0.2, -0.15) is 0 Å². The fourth-order valence-corrected chi connectivity index (χ4v) is 2.03. The minimum atomic E-state index is 0.567. The van der Waals surface area contributed by atoms with Crippen LogP contribution in [-0.4, -0.2) is 0 Å². The molecule has 0 nitrogen and oxygen atoms in total. The molecule has 13 heavy (non-hydrogen) atoms. The van der Waals surface area contributed by atoms with Crippen LogP contribution in [0.5, 0.6) is 0 Å². The summed E-state index contributed by atoms with van der Waals surface area (Å²) in [6, 6.07) is 12.4. The molecule has 0 N–H and O–H groups in total. The number of rotatable bonds is 1. The monoisotopic (exact) mass is 254 g/mol. The fraction of sp³-hybridized carbons (Fsp3) is 0.0909. The number of fused-ring (bicyclic) bond motifs is 1. The maximum absolute atomic E-state index is 5.76. The fourth-order valence-electron chi connectivity index (χ4n) is 1.36. The molecule has 0 amide bonds. The van der Waals surface area contributed by atoms with Gasteiger partial charge in [0.2, 0.25) is 0 Å². The van der Waals surface area contributed by atoms with Crippen LogP contribution in [0.1, 0.15) is 5.56 Å². The Kier molecular flexibility index (Phi) is 2.56. The Morgan fingerprint density at radius 1 is 1.15 bits per heavy atom. The SMILES string of the molecule is ClCc1ccc2cccc(Br)c2c1. The van der Waals surface area contributed by atoms with Gasteiger partial charge in [0, 0.05) is 10.4 Å². The molecule has 0 aliphatic rings. The molecule has 2 aromatic carbocycles. The molecule has 66 valence electrons. The largest absolute Gasteiger partial charge is 0.122 e. The molecule has 0 bridgehead atoms. The highest BCUT2D eigenvalue weighted by Crippen LogP contribution is 2.25. The average Bonchev–Trinajstić information content (AvgIpc) is 2.18. The molecule has 0 aliphatic carbocycles. The third-order valence-corrected chi connectivity index (χ3v) is 3.05. The summed E-state index contributed by atoms with van der Waals surface area (Å²) in [7, 11) is 0. The normalized spacial score (nSPS) is 10.6. The standard InChI is InChI=1S/C11H8BrCl/c12-11-3-1-2-9-5-4-8(7-13)6-10(9)11/h1-6H,7H2. The van der Waals surface area contributed by atoms with E-state index < -0.39 is 0 Å². The topological polar surface area (TPSA) is 0 Å². The molecular formula is C11H8BrCl. The molecule has 0 spiro atoms. The van der Waals surface area contributed by atoms with E-state index in [1.807, 2.05) is 12.1 Å². The first-order chi connectivity index (χ1) is 6.31. The summed E-state index contributed by atoms with van der Waals surface area (Å²) in [5, 5.41) is 2.46.